The molecule has 2 heterocycles. The van der Waals surface area contributed by atoms with Crippen LogP contribution in [0.25, 0.3) is 0 Å². The van der Waals surface area contributed by atoms with Gasteiger partial charge in [-0.1, -0.05) is 6.92 Å². The van der Waals surface area contributed by atoms with Gasteiger partial charge in [-0.05, 0) is 25.3 Å². The fourth-order valence-electron chi connectivity index (χ4n) is 2.52. The number of carbonyl (C=O) groups is 1. The van der Waals surface area contributed by atoms with Crippen LogP contribution in [-0.4, -0.2) is 55.0 Å². The maximum absolute atomic E-state index is 12.6. The summed E-state index contributed by atoms with van der Waals surface area (Å²) in [5, 5.41) is 8.98. The zero-order valence-corrected chi connectivity index (χ0v) is 13.4. The maximum atomic E-state index is 12.6. The van der Waals surface area contributed by atoms with Crippen LogP contribution in [0.15, 0.2) is 23.2 Å². The van der Waals surface area contributed by atoms with Gasteiger partial charge in [0.1, 0.15) is 12.4 Å². The van der Waals surface area contributed by atoms with Crippen LogP contribution in [0.3, 0.4) is 0 Å². The molecule has 0 unspecified atom stereocenters. The van der Waals surface area contributed by atoms with Gasteiger partial charge in [0.15, 0.2) is 0 Å². The SMILES string of the molecule is CCCN(CC(=O)O)c1cc(S(=O)(=O)N2CCCC2)ccn1. The van der Waals surface area contributed by atoms with Gasteiger partial charge in [0.2, 0.25) is 10.0 Å². The lowest BCUT2D eigenvalue weighted by Crippen LogP contribution is -2.32. The minimum absolute atomic E-state index is 0.172. The molecule has 0 spiro atoms. The lowest BCUT2D eigenvalue weighted by atomic mass is 10.3. The van der Waals surface area contributed by atoms with Crippen LogP contribution in [-0.2, 0) is 14.8 Å². The number of sulfonamides is 1. The first-order chi connectivity index (χ1) is 10.4. The van der Waals surface area contributed by atoms with Crippen molar-refractivity contribution in [3.05, 3.63) is 18.3 Å². The molecule has 1 N–H and O–H groups in total. The number of aliphatic carboxylic acids is 1. The first-order valence-corrected chi connectivity index (χ1v) is 8.82. The summed E-state index contributed by atoms with van der Waals surface area (Å²) in [5.74, 6) is -0.590. The van der Waals surface area contributed by atoms with Gasteiger partial charge in [-0.15, -0.1) is 0 Å². The summed E-state index contributed by atoms with van der Waals surface area (Å²) in [4.78, 5) is 16.8. The molecule has 1 aliphatic rings. The summed E-state index contributed by atoms with van der Waals surface area (Å²) in [6, 6.07) is 2.92. The van der Waals surface area contributed by atoms with E-state index in [0.717, 1.165) is 19.3 Å². The van der Waals surface area contributed by atoms with Crippen molar-refractivity contribution in [2.45, 2.75) is 31.1 Å². The van der Waals surface area contributed by atoms with Crippen molar-refractivity contribution < 1.29 is 18.3 Å². The van der Waals surface area contributed by atoms with E-state index in [4.69, 9.17) is 5.11 Å². The van der Waals surface area contributed by atoms with E-state index in [9.17, 15) is 13.2 Å². The largest absolute Gasteiger partial charge is 0.480 e. The molecule has 1 fully saturated rings. The third-order valence-electron chi connectivity index (χ3n) is 3.56. The molecular formula is C14H21N3O4S. The molecular weight excluding hydrogens is 306 g/mol. The van der Waals surface area contributed by atoms with Crippen molar-refractivity contribution in [1.82, 2.24) is 9.29 Å². The number of carboxylic acids is 1. The molecule has 1 aliphatic heterocycles. The molecule has 0 aliphatic carbocycles. The molecule has 1 aromatic rings. The van der Waals surface area contributed by atoms with Crippen molar-refractivity contribution in [2.24, 2.45) is 0 Å². The van der Waals surface area contributed by atoms with E-state index < -0.39 is 16.0 Å². The van der Waals surface area contributed by atoms with Crippen molar-refractivity contribution in [2.75, 3.05) is 31.1 Å². The highest BCUT2D eigenvalue weighted by molar-refractivity contribution is 7.89. The smallest absolute Gasteiger partial charge is 0.323 e. The molecule has 2 rings (SSSR count). The van der Waals surface area contributed by atoms with Crippen LogP contribution < -0.4 is 4.90 Å². The number of aromatic nitrogens is 1. The van der Waals surface area contributed by atoms with E-state index in [1.807, 2.05) is 6.92 Å². The standard InChI is InChI=1S/C14H21N3O4S/c1-2-7-16(11-14(18)19)13-10-12(5-6-15-13)22(20,21)17-8-3-4-9-17/h5-6,10H,2-4,7-9,11H2,1H3,(H,18,19). The summed E-state index contributed by atoms with van der Waals surface area (Å²) >= 11 is 0. The lowest BCUT2D eigenvalue weighted by Gasteiger charge is -2.22. The average molecular weight is 327 g/mol. The Balaban J connectivity index is 2.30. The van der Waals surface area contributed by atoms with Crippen LogP contribution in [0, 0.1) is 0 Å². The molecule has 0 atom stereocenters. The highest BCUT2D eigenvalue weighted by atomic mass is 32.2. The quantitative estimate of drug-likeness (QED) is 0.808. The zero-order valence-electron chi connectivity index (χ0n) is 12.6. The van der Waals surface area contributed by atoms with E-state index in [-0.39, 0.29) is 11.4 Å². The number of hydrogen-bond donors (Lipinski definition) is 1. The topological polar surface area (TPSA) is 90.8 Å². The van der Waals surface area contributed by atoms with Crippen LogP contribution >= 0.6 is 0 Å². The van der Waals surface area contributed by atoms with Crippen LogP contribution in [0.5, 0.6) is 0 Å². The van der Waals surface area contributed by atoms with Crippen LogP contribution in [0.1, 0.15) is 26.2 Å². The van der Waals surface area contributed by atoms with Gasteiger partial charge in [0.25, 0.3) is 0 Å². The number of anilines is 1. The molecule has 0 aromatic carbocycles. The number of rotatable bonds is 7. The van der Waals surface area contributed by atoms with Crippen molar-refractivity contribution in [3.63, 3.8) is 0 Å². The Morgan fingerprint density at radius 2 is 2.09 bits per heavy atom. The second-order valence-electron chi connectivity index (χ2n) is 5.28. The Morgan fingerprint density at radius 3 is 2.68 bits per heavy atom. The predicted octanol–water partition coefficient (Wildman–Crippen LogP) is 1.17. The average Bonchev–Trinajstić information content (AvgIpc) is 3.01. The fraction of sp³-hybridized carbons (Fsp3) is 0.571. The molecule has 1 saturated heterocycles. The van der Waals surface area contributed by atoms with Crippen molar-refractivity contribution in [1.29, 1.82) is 0 Å². The third-order valence-corrected chi connectivity index (χ3v) is 5.46. The Labute approximate surface area is 130 Å². The van der Waals surface area contributed by atoms with E-state index in [1.165, 1.54) is 22.6 Å². The first kappa shape index (κ1) is 16.7. The second-order valence-corrected chi connectivity index (χ2v) is 7.21. The number of carboxylic acid groups (broad SMARTS) is 1. The molecule has 7 nitrogen and oxygen atoms in total. The molecule has 0 radical (unpaired) electrons. The Morgan fingerprint density at radius 1 is 1.41 bits per heavy atom. The zero-order chi connectivity index (χ0) is 16.2. The normalized spacial score (nSPS) is 15.9. The van der Waals surface area contributed by atoms with Gasteiger partial charge in [0, 0.05) is 31.9 Å². The summed E-state index contributed by atoms with van der Waals surface area (Å²) in [6.45, 7) is 3.31. The van der Waals surface area contributed by atoms with Crippen LogP contribution in [0.2, 0.25) is 0 Å². The van der Waals surface area contributed by atoms with Gasteiger partial charge in [-0.2, -0.15) is 4.31 Å². The molecule has 1 aromatic heterocycles. The molecule has 0 bridgehead atoms. The highest BCUT2D eigenvalue weighted by Crippen LogP contribution is 2.23. The second kappa shape index (κ2) is 7.06. The molecule has 0 saturated carbocycles. The number of nitrogens with zero attached hydrogens (tertiary/aromatic N) is 3. The van der Waals surface area contributed by atoms with Gasteiger partial charge in [-0.3, -0.25) is 4.79 Å². The van der Waals surface area contributed by atoms with E-state index in [0.29, 0.717) is 25.5 Å². The lowest BCUT2D eigenvalue weighted by molar-refractivity contribution is -0.135. The minimum Gasteiger partial charge on any atom is -0.480 e. The highest BCUT2D eigenvalue weighted by Gasteiger charge is 2.27. The van der Waals surface area contributed by atoms with Gasteiger partial charge < -0.3 is 10.0 Å². The van der Waals surface area contributed by atoms with Crippen molar-refractivity contribution >= 4 is 21.8 Å². The first-order valence-electron chi connectivity index (χ1n) is 7.38. The monoisotopic (exact) mass is 327 g/mol. The Kier molecular flexibility index (Phi) is 5.36. The summed E-state index contributed by atoms with van der Waals surface area (Å²) in [7, 11) is -3.52. The van der Waals surface area contributed by atoms with E-state index in [2.05, 4.69) is 4.98 Å². The predicted molar refractivity (Wildman–Crippen MR) is 82.4 cm³/mol. The third kappa shape index (κ3) is 3.75. The van der Waals surface area contributed by atoms with Gasteiger partial charge in [0.05, 0.1) is 4.90 Å². The molecule has 122 valence electrons. The van der Waals surface area contributed by atoms with E-state index in [1.54, 1.807) is 4.90 Å². The summed E-state index contributed by atoms with van der Waals surface area (Å²) in [6.07, 6.45) is 3.91. The minimum atomic E-state index is -3.52. The maximum Gasteiger partial charge on any atom is 0.323 e. The fourth-order valence-corrected chi connectivity index (χ4v) is 4.04. The van der Waals surface area contributed by atoms with Crippen molar-refractivity contribution in [3.8, 4) is 0 Å². The molecule has 8 heteroatoms. The van der Waals surface area contributed by atoms with E-state index >= 15 is 0 Å². The number of hydrogen-bond acceptors (Lipinski definition) is 5. The Bertz CT molecular complexity index is 627. The molecule has 22 heavy (non-hydrogen) atoms. The Hall–Kier alpha value is -1.67. The summed E-state index contributed by atoms with van der Waals surface area (Å²) < 4.78 is 26.6. The molecule has 0 amide bonds. The van der Waals surface area contributed by atoms with Gasteiger partial charge in [-0.25, -0.2) is 13.4 Å². The number of pyridine rings is 1. The summed E-state index contributed by atoms with van der Waals surface area (Å²) in [5.41, 5.74) is 0. The van der Waals surface area contributed by atoms with Gasteiger partial charge >= 0.3 is 5.97 Å². The van der Waals surface area contributed by atoms with Crippen LogP contribution in [0.4, 0.5) is 5.82 Å².